The molecule has 78 valence electrons. The van der Waals surface area contributed by atoms with Crippen molar-refractivity contribution in [3.05, 3.63) is 0 Å². The highest BCUT2D eigenvalue weighted by molar-refractivity contribution is 4.76. The van der Waals surface area contributed by atoms with Gasteiger partial charge in [0.1, 0.15) is 0 Å². The van der Waals surface area contributed by atoms with E-state index in [1.807, 2.05) is 0 Å². The highest BCUT2D eigenvalue weighted by Crippen LogP contribution is 2.16. The average Bonchev–Trinajstić information content (AvgIpc) is 2.48. The van der Waals surface area contributed by atoms with Crippen molar-refractivity contribution in [3.63, 3.8) is 0 Å². The zero-order valence-corrected chi connectivity index (χ0v) is 9.13. The smallest absolute Gasteiger partial charge is 0.00674 e. The summed E-state index contributed by atoms with van der Waals surface area (Å²) in [5.74, 6) is 0. The van der Waals surface area contributed by atoms with Crippen LogP contribution in [0.5, 0.6) is 0 Å². The van der Waals surface area contributed by atoms with Gasteiger partial charge >= 0.3 is 0 Å². The molecule has 2 atom stereocenters. The molecule has 0 saturated carbocycles. The van der Waals surface area contributed by atoms with Gasteiger partial charge in [-0.15, -0.1) is 0 Å². The topological polar surface area (TPSA) is 29.3 Å². The SMILES string of the molecule is CCCC(N)CCN1CCCC1C. The average molecular weight is 184 g/mol. The molecule has 0 radical (unpaired) electrons. The van der Waals surface area contributed by atoms with Crippen LogP contribution in [0.2, 0.25) is 0 Å². The number of hydrogen-bond acceptors (Lipinski definition) is 2. The lowest BCUT2D eigenvalue weighted by molar-refractivity contribution is 0.256. The van der Waals surface area contributed by atoms with Gasteiger partial charge < -0.3 is 10.6 Å². The molecule has 0 spiro atoms. The summed E-state index contributed by atoms with van der Waals surface area (Å²) < 4.78 is 0. The second kappa shape index (κ2) is 5.61. The molecule has 0 aromatic carbocycles. The second-order valence-corrected chi connectivity index (χ2v) is 4.36. The summed E-state index contributed by atoms with van der Waals surface area (Å²) >= 11 is 0. The van der Waals surface area contributed by atoms with E-state index in [1.165, 1.54) is 45.2 Å². The Morgan fingerprint density at radius 2 is 2.23 bits per heavy atom. The molecule has 2 N–H and O–H groups in total. The van der Waals surface area contributed by atoms with Crippen molar-refractivity contribution in [1.82, 2.24) is 4.90 Å². The highest BCUT2D eigenvalue weighted by atomic mass is 15.2. The van der Waals surface area contributed by atoms with Crippen molar-refractivity contribution >= 4 is 0 Å². The first-order chi connectivity index (χ1) is 6.24. The lowest BCUT2D eigenvalue weighted by atomic mass is 10.1. The fraction of sp³-hybridized carbons (Fsp3) is 1.00. The van der Waals surface area contributed by atoms with E-state index in [0.717, 1.165) is 6.04 Å². The predicted molar refractivity (Wildman–Crippen MR) is 57.8 cm³/mol. The standard InChI is InChI=1S/C11H24N2/c1-3-5-11(12)7-9-13-8-4-6-10(13)2/h10-11H,3-9,12H2,1-2H3. The van der Waals surface area contributed by atoms with E-state index in [0.29, 0.717) is 6.04 Å². The number of nitrogens with zero attached hydrogens (tertiary/aromatic N) is 1. The van der Waals surface area contributed by atoms with Gasteiger partial charge in [-0.25, -0.2) is 0 Å². The summed E-state index contributed by atoms with van der Waals surface area (Å²) in [5.41, 5.74) is 5.98. The molecular formula is C11H24N2. The molecule has 2 unspecified atom stereocenters. The van der Waals surface area contributed by atoms with Crippen LogP contribution < -0.4 is 5.73 Å². The van der Waals surface area contributed by atoms with Gasteiger partial charge in [0, 0.05) is 12.1 Å². The van der Waals surface area contributed by atoms with Crippen molar-refractivity contribution in [1.29, 1.82) is 0 Å². The number of hydrogen-bond donors (Lipinski definition) is 1. The van der Waals surface area contributed by atoms with Gasteiger partial charge in [0.15, 0.2) is 0 Å². The quantitative estimate of drug-likeness (QED) is 0.708. The van der Waals surface area contributed by atoms with Gasteiger partial charge in [-0.3, -0.25) is 0 Å². The first-order valence-electron chi connectivity index (χ1n) is 5.73. The molecule has 1 fully saturated rings. The maximum absolute atomic E-state index is 5.98. The Labute approximate surface area is 82.5 Å². The molecule has 0 amide bonds. The maximum Gasteiger partial charge on any atom is 0.00674 e. The van der Waals surface area contributed by atoms with E-state index in [1.54, 1.807) is 0 Å². The fourth-order valence-corrected chi connectivity index (χ4v) is 2.17. The zero-order valence-electron chi connectivity index (χ0n) is 9.13. The summed E-state index contributed by atoms with van der Waals surface area (Å²) in [6.45, 7) is 7.04. The van der Waals surface area contributed by atoms with Gasteiger partial charge in [0.05, 0.1) is 0 Å². The number of nitrogens with two attached hydrogens (primary N) is 1. The lowest BCUT2D eigenvalue weighted by Gasteiger charge is -2.22. The van der Waals surface area contributed by atoms with Crippen molar-refractivity contribution in [2.45, 2.75) is 58.0 Å². The molecule has 2 heteroatoms. The van der Waals surface area contributed by atoms with Gasteiger partial charge in [-0.1, -0.05) is 13.3 Å². The third kappa shape index (κ3) is 3.65. The van der Waals surface area contributed by atoms with Crippen molar-refractivity contribution < 1.29 is 0 Å². The van der Waals surface area contributed by atoms with Crippen LogP contribution in [0.1, 0.15) is 46.0 Å². The van der Waals surface area contributed by atoms with Crippen molar-refractivity contribution in [3.8, 4) is 0 Å². The third-order valence-corrected chi connectivity index (χ3v) is 3.14. The summed E-state index contributed by atoms with van der Waals surface area (Å²) in [4.78, 5) is 2.58. The molecule has 2 nitrogen and oxygen atoms in total. The Bertz CT molecular complexity index is 136. The Balaban J connectivity index is 2.10. The van der Waals surface area contributed by atoms with Crippen LogP contribution in [-0.4, -0.2) is 30.1 Å². The normalized spacial score (nSPS) is 26.5. The van der Waals surface area contributed by atoms with E-state index in [2.05, 4.69) is 18.7 Å². The Kier molecular flexibility index (Phi) is 4.74. The summed E-state index contributed by atoms with van der Waals surface area (Å²) in [5, 5.41) is 0. The van der Waals surface area contributed by atoms with Gasteiger partial charge in [-0.2, -0.15) is 0 Å². The molecule has 1 heterocycles. The van der Waals surface area contributed by atoms with Crippen LogP contribution in [0, 0.1) is 0 Å². The summed E-state index contributed by atoms with van der Waals surface area (Å²) in [6, 6.07) is 1.23. The molecule has 1 rings (SSSR count). The first kappa shape index (κ1) is 11.0. The fourth-order valence-electron chi connectivity index (χ4n) is 2.17. The lowest BCUT2D eigenvalue weighted by Crippen LogP contribution is -2.32. The molecule has 0 aliphatic carbocycles. The molecule has 0 aromatic rings. The minimum atomic E-state index is 0.429. The van der Waals surface area contributed by atoms with Gasteiger partial charge in [-0.05, 0) is 45.7 Å². The summed E-state index contributed by atoms with van der Waals surface area (Å²) in [7, 11) is 0. The maximum atomic E-state index is 5.98. The second-order valence-electron chi connectivity index (χ2n) is 4.36. The molecule has 0 bridgehead atoms. The van der Waals surface area contributed by atoms with Crippen LogP contribution >= 0.6 is 0 Å². The molecule has 1 saturated heterocycles. The van der Waals surface area contributed by atoms with E-state index in [9.17, 15) is 0 Å². The third-order valence-electron chi connectivity index (χ3n) is 3.14. The van der Waals surface area contributed by atoms with Crippen molar-refractivity contribution in [2.24, 2.45) is 5.73 Å². The van der Waals surface area contributed by atoms with Crippen LogP contribution in [0.4, 0.5) is 0 Å². The Morgan fingerprint density at radius 3 is 2.77 bits per heavy atom. The van der Waals surface area contributed by atoms with Crippen LogP contribution in [0.3, 0.4) is 0 Å². The summed E-state index contributed by atoms with van der Waals surface area (Å²) in [6.07, 6.45) is 6.34. The minimum absolute atomic E-state index is 0.429. The largest absolute Gasteiger partial charge is 0.328 e. The highest BCUT2D eigenvalue weighted by Gasteiger charge is 2.19. The number of likely N-dealkylation sites (tertiary alicyclic amines) is 1. The van der Waals surface area contributed by atoms with E-state index >= 15 is 0 Å². The molecular weight excluding hydrogens is 160 g/mol. The minimum Gasteiger partial charge on any atom is -0.328 e. The monoisotopic (exact) mass is 184 g/mol. The molecule has 1 aliphatic heterocycles. The van der Waals surface area contributed by atoms with Gasteiger partial charge in [0.2, 0.25) is 0 Å². The van der Waals surface area contributed by atoms with Crippen LogP contribution in [0.15, 0.2) is 0 Å². The van der Waals surface area contributed by atoms with E-state index in [4.69, 9.17) is 5.73 Å². The Hall–Kier alpha value is -0.0800. The first-order valence-corrected chi connectivity index (χ1v) is 5.73. The van der Waals surface area contributed by atoms with Crippen molar-refractivity contribution in [2.75, 3.05) is 13.1 Å². The molecule has 13 heavy (non-hydrogen) atoms. The van der Waals surface area contributed by atoms with Crippen LogP contribution in [0.25, 0.3) is 0 Å². The zero-order chi connectivity index (χ0) is 9.68. The van der Waals surface area contributed by atoms with E-state index < -0.39 is 0 Å². The molecule has 1 aliphatic rings. The Morgan fingerprint density at radius 1 is 1.46 bits per heavy atom. The molecule has 0 aromatic heterocycles. The van der Waals surface area contributed by atoms with E-state index in [-0.39, 0.29) is 0 Å². The predicted octanol–water partition coefficient (Wildman–Crippen LogP) is 1.99. The number of rotatable bonds is 5. The van der Waals surface area contributed by atoms with Gasteiger partial charge in [0.25, 0.3) is 0 Å². The van der Waals surface area contributed by atoms with Crippen LogP contribution in [-0.2, 0) is 0 Å².